The third-order valence-corrected chi connectivity index (χ3v) is 7.98. The number of unbranched alkanes of at least 4 members (excludes halogenated alkanes) is 3. The first-order valence-electron chi connectivity index (χ1n) is 15.2. The average molecular weight is 631 g/mol. The van der Waals surface area contributed by atoms with Gasteiger partial charge in [-0.05, 0) is 49.9 Å². The van der Waals surface area contributed by atoms with Crippen molar-refractivity contribution < 1.29 is 44.0 Å². The van der Waals surface area contributed by atoms with E-state index in [1.807, 2.05) is 30.3 Å². The molecule has 13 heteroatoms. The van der Waals surface area contributed by atoms with Crippen LogP contribution in [0.1, 0.15) is 52.4 Å². The Labute approximate surface area is 263 Å². The maximum Gasteiger partial charge on any atom is 0.310 e. The molecular formula is C32H46N4O9. The quantitative estimate of drug-likeness (QED) is 0.118. The highest BCUT2D eigenvalue weighted by Gasteiger charge is 2.45. The van der Waals surface area contributed by atoms with Crippen LogP contribution in [0.15, 0.2) is 42.7 Å². The first-order chi connectivity index (χ1) is 21.5. The van der Waals surface area contributed by atoms with Crippen LogP contribution in [0.2, 0.25) is 0 Å². The Morgan fingerprint density at radius 2 is 1.47 bits per heavy atom. The van der Waals surface area contributed by atoms with E-state index in [9.17, 15) is 34.5 Å². The number of methoxy groups -OCH3 is 2. The molecule has 0 radical (unpaired) electrons. The highest BCUT2D eigenvalue weighted by Crippen LogP contribution is 2.31. The zero-order chi connectivity index (χ0) is 33.4. The van der Waals surface area contributed by atoms with Gasteiger partial charge in [0.1, 0.15) is 0 Å². The fourth-order valence-corrected chi connectivity index (χ4v) is 5.43. The molecule has 6 unspecified atom stereocenters. The van der Waals surface area contributed by atoms with Crippen molar-refractivity contribution in [2.75, 3.05) is 32.6 Å². The summed E-state index contributed by atoms with van der Waals surface area (Å²) < 4.78 is 10.8. The van der Waals surface area contributed by atoms with Gasteiger partial charge in [0.2, 0.25) is 5.91 Å². The fraction of sp³-hybridized carbons (Fsp3) is 0.562. The van der Waals surface area contributed by atoms with Crippen molar-refractivity contribution in [2.24, 2.45) is 23.7 Å². The Morgan fingerprint density at radius 3 is 2.02 bits per heavy atom. The van der Waals surface area contributed by atoms with Gasteiger partial charge in [0.25, 0.3) is 0 Å². The van der Waals surface area contributed by atoms with Crippen LogP contribution in [0, 0.1) is 23.7 Å². The topological polar surface area (TPSA) is 197 Å². The van der Waals surface area contributed by atoms with Gasteiger partial charge in [-0.3, -0.25) is 29.1 Å². The molecule has 0 saturated heterocycles. The Bertz CT molecular complexity index is 1230. The molecule has 1 amide bonds. The van der Waals surface area contributed by atoms with Gasteiger partial charge in [-0.25, -0.2) is 0 Å². The molecule has 5 N–H and O–H groups in total. The Balaban J connectivity index is 1.92. The van der Waals surface area contributed by atoms with Crippen molar-refractivity contribution in [1.29, 1.82) is 0 Å². The summed E-state index contributed by atoms with van der Waals surface area (Å²) in [6, 6.07) is 9.52. The van der Waals surface area contributed by atoms with Gasteiger partial charge in [-0.15, -0.1) is 0 Å². The summed E-state index contributed by atoms with van der Waals surface area (Å²) in [7, 11) is 2.58. The van der Waals surface area contributed by atoms with Crippen LogP contribution in [0.25, 0.3) is 11.4 Å². The molecule has 2 aromatic rings. The molecule has 248 valence electrons. The molecule has 0 saturated carbocycles. The summed E-state index contributed by atoms with van der Waals surface area (Å²) in [5, 5.41) is 35.5. The lowest BCUT2D eigenvalue weighted by atomic mass is 9.77. The van der Waals surface area contributed by atoms with Gasteiger partial charge >= 0.3 is 17.9 Å². The molecule has 13 nitrogen and oxygen atoms in total. The van der Waals surface area contributed by atoms with Crippen molar-refractivity contribution in [3.63, 3.8) is 0 Å². The number of anilines is 1. The van der Waals surface area contributed by atoms with Crippen molar-refractivity contribution in [3.8, 4) is 11.4 Å². The zero-order valence-corrected chi connectivity index (χ0v) is 26.3. The molecular weight excluding hydrogens is 584 g/mol. The smallest absolute Gasteiger partial charge is 0.310 e. The van der Waals surface area contributed by atoms with Crippen LogP contribution in [-0.4, -0.2) is 88.6 Å². The number of aromatic nitrogens is 2. The number of carbonyl (C=O) groups is 4. The number of amides is 1. The number of nitrogens with one attached hydrogen (secondary N) is 2. The molecule has 0 aliphatic rings. The molecule has 2 aromatic heterocycles. The Kier molecular flexibility index (Phi) is 15.9. The molecule has 0 aliphatic heterocycles. The van der Waals surface area contributed by atoms with Gasteiger partial charge < -0.3 is 35.4 Å². The third kappa shape index (κ3) is 11.4. The number of ether oxygens (including phenoxy) is 2. The van der Waals surface area contributed by atoms with E-state index in [1.165, 1.54) is 21.1 Å². The lowest BCUT2D eigenvalue weighted by molar-refractivity contribution is -0.163. The van der Waals surface area contributed by atoms with E-state index in [0.29, 0.717) is 19.4 Å². The molecule has 2 heterocycles. The normalized spacial score (nSPS) is 15.2. The van der Waals surface area contributed by atoms with Crippen LogP contribution < -0.4 is 10.6 Å². The molecule has 0 bridgehead atoms. The zero-order valence-electron chi connectivity index (χ0n) is 26.3. The average Bonchev–Trinajstić information content (AvgIpc) is 3.03. The van der Waals surface area contributed by atoms with Crippen LogP contribution >= 0.6 is 0 Å². The van der Waals surface area contributed by atoms with Crippen LogP contribution in [0.3, 0.4) is 0 Å². The number of aliphatic carboxylic acids is 3. The Hall–Kier alpha value is -4.10. The number of nitrogens with zero attached hydrogens (tertiary/aromatic N) is 2. The number of rotatable bonds is 22. The molecule has 45 heavy (non-hydrogen) atoms. The maximum atomic E-state index is 13.4. The van der Waals surface area contributed by atoms with Crippen molar-refractivity contribution in [3.05, 3.63) is 42.7 Å². The third-order valence-electron chi connectivity index (χ3n) is 7.98. The largest absolute Gasteiger partial charge is 0.481 e. The van der Waals surface area contributed by atoms with Gasteiger partial charge in [-0.1, -0.05) is 32.8 Å². The summed E-state index contributed by atoms with van der Waals surface area (Å²) in [4.78, 5) is 58.0. The first kappa shape index (κ1) is 37.1. The first-order valence-corrected chi connectivity index (χ1v) is 15.2. The number of carboxylic acids is 3. The second-order valence-electron chi connectivity index (χ2n) is 10.9. The minimum absolute atomic E-state index is 0.328. The molecule has 6 atom stereocenters. The van der Waals surface area contributed by atoms with Gasteiger partial charge in [0.15, 0.2) is 0 Å². The molecule has 0 spiro atoms. The monoisotopic (exact) mass is 630 g/mol. The van der Waals surface area contributed by atoms with Crippen LogP contribution in [0.5, 0.6) is 0 Å². The lowest BCUT2D eigenvalue weighted by Gasteiger charge is -2.33. The van der Waals surface area contributed by atoms with Gasteiger partial charge in [0.05, 0.1) is 47.3 Å². The van der Waals surface area contributed by atoms with E-state index in [1.54, 1.807) is 19.3 Å². The minimum atomic E-state index is -1.52. The molecule has 2 rings (SSSR count). The SMILES string of the molecule is CCC(OC)C(C(=O)NCCCCCCNc1ccnc(-c2ccccn2)c1)C(CC(OC)C(C(=O)O)C(C)C(=O)O)C(=O)O. The number of hydrogen-bond acceptors (Lipinski definition) is 9. The van der Waals surface area contributed by atoms with E-state index in [2.05, 4.69) is 20.6 Å². The summed E-state index contributed by atoms with van der Waals surface area (Å²) in [6.07, 6.45) is 4.71. The predicted octanol–water partition coefficient (Wildman–Crippen LogP) is 3.80. The van der Waals surface area contributed by atoms with Gasteiger partial charge in [0, 0.05) is 45.4 Å². The van der Waals surface area contributed by atoms with E-state index in [0.717, 1.165) is 42.9 Å². The standard InChI is InChI=1S/C32H46N4O9/c1-5-25(44-3)28(22(31(40)41)19-26(45-4)27(32(42)43)20(2)30(38)39)29(37)36-16-10-7-6-9-14-33-21-13-17-35-24(18-21)23-12-8-11-15-34-23/h8,11-13,15,17-18,20,22,25-28H,5-7,9-10,14,16,19H2,1-4H3,(H,33,35)(H,36,37)(H,38,39)(H,40,41)(H,42,43). The van der Waals surface area contributed by atoms with Crippen LogP contribution in [-0.2, 0) is 28.7 Å². The fourth-order valence-electron chi connectivity index (χ4n) is 5.43. The number of hydrogen-bond donors (Lipinski definition) is 5. The minimum Gasteiger partial charge on any atom is -0.481 e. The van der Waals surface area contributed by atoms with Crippen LogP contribution in [0.4, 0.5) is 5.69 Å². The highest BCUT2D eigenvalue weighted by atomic mass is 16.5. The second kappa shape index (κ2) is 19.3. The Morgan fingerprint density at radius 1 is 0.800 bits per heavy atom. The van der Waals surface area contributed by atoms with E-state index < -0.39 is 59.7 Å². The van der Waals surface area contributed by atoms with Crippen molar-refractivity contribution in [2.45, 2.75) is 64.6 Å². The summed E-state index contributed by atoms with van der Waals surface area (Å²) in [5.41, 5.74) is 2.53. The number of pyridine rings is 2. The van der Waals surface area contributed by atoms with E-state index >= 15 is 0 Å². The summed E-state index contributed by atoms with van der Waals surface area (Å²) in [5.74, 6) is -10.0. The van der Waals surface area contributed by atoms with E-state index in [4.69, 9.17) is 9.47 Å². The summed E-state index contributed by atoms with van der Waals surface area (Å²) >= 11 is 0. The predicted molar refractivity (Wildman–Crippen MR) is 166 cm³/mol. The summed E-state index contributed by atoms with van der Waals surface area (Å²) in [6.45, 7) is 4.07. The van der Waals surface area contributed by atoms with E-state index in [-0.39, 0.29) is 6.42 Å². The second-order valence-corrected chi connectivity index (χ2v) is 10.9. The molecule has 0 fully saturated rings. The maximum absolute atomic E-state index is 13.4. The number of carbonyl (C=O) groups excluding carboxylic acids is 1. The van der Waals surface area contributed by atoms with Crippen molar-refractivity contribution >= 4 is 29.5 Å². The highest BCUT2D eigenvalue weighted by molar-refractivity contribution is 5.85. The van der Waals surface area contributed by atoms with Crippen molar-refractivity contribution in [1.82, 2.24) is 15.3 Å². The molecule has 0 aliphatic carbocycles. The van der Waals surface area contributed by atoms with Gasteiger partial charge in [-0.2, -0.15) is 0 Å². The molecule has 0 aromatic carbocycles. The number of carboxylic acid groups (broad SMARTS) is 3. The lowest BCUT2D eigenvalue weighted by Crippen LogP contribution is -2.48.